The quantitative estimate of drug-likeness (QED) is 0.362. The molecule has 0 radical (unpaired) electrons. The molecule has 12 heteroatoms. The van der Waals surface area contributed by atoms with Crippen LogP contribution in [0.4, 0.5) is 8.78 Å². The van der Waals surface area contributed by atoms with Gasteiger partial charge in [0.15, 0.2) is 5.82 Å². The first-order valence-corrected chi connectivity index (χ1v) is 15.3. The summed E-state index contributed by atoms with van der Waals surface area (Å²) in [7, 11) is -3.82. The summed E-state index contributed by atoms with van der Waals surface area (Å²) < 4.78 is 72.1. The number of carbonyl (C=O) groups is 1. The van der Waals surface area contributed by atoms with E-state index in [0.29, 0.717) is 44.5 Å². The number of halogens is 2. The summed E-state index contributed by atoms with van der Waals surface area (Å²) in [5, 5.41) is 3.69. The first-order chi connectivity index (χ1) is 19.7. The molecule has 3 heterocycles. The van der Waals surface area contributed by atoms with Gasteiger partial charge in [-0.15, -0.1) is 0 Å². The number of sulfonamides is 1. The molecule has 0 saturated carbocycles. The average Bonchev–Trinajstić information content (AvgIpc) is 3.42. The molecule has 2 atom stereocenters. The Morgan fingerprint density at radius 1 is 1.12 bits per heavy atom. The largest absolute Gasteiger partial charge is 0.465 e. The lowest BCUT2D eigenvalue weighted by molar-refractivity contribution is -0.144. The Bertz CT molecular complexity index is 1490. The highest BCUT2D eigenvalue weighted by atomic mass is 32.2. The lowest BCUT2D eigenvalue weighted by Crippen LogP contribution is -2.45. The van der Waals surface area contributed by atoms with Gasteiger partial charge in [0, 0.05) is 36.9 Å². The van der Waals surface area contributed by atoms with Crippen molar-refractivity contribution in [1.29, 1.82) is 0 Å². The van der Waals surface area contributed by atoms with Gasteiger partial charge in [-0.3, -0.25) is 4.79 Å². The van der Waals surface area contributed by atoms with Crippen LogP contribution < -0.4 is 0 Å². The van der Waals surface area contributed by atoms with Crippen molar-refractivity contribution >= 4 is 16.0 Å². The van der Waals surface area contributed by atoms with Gasteiger partial charge in [0.05, 0.1) is 12.0 Å². The number of hydrogen-bond donors (Lipinski definition) is 0. The summed E-state index contributed by atoms with van der Waals surface area (Å²) >= 11 is 0. The first kappa shape index (κ1) is 29.3. The van der Waals surface area contributed by atoms with E-state index >= 15 is 8.78 Å². The van der Waals surface area contributed by atoms with Crippen LogP contribution in [0.1, 0.15) is 67.3 Å². The van der Waals surface area contributed by atoms with Gasteiger partial charge in [-0.05, 0) is 57.2 Å². The second-order valence-corrected chi connectivity index (χ2v) is 12.7. The van der Waals surface area contributed by atoms with Gasteiger partial charge < -0.3 is 9.47 Å². The standard InChI is InChI=1S/C29H34F2N4O5S/c1-3-40-27(36)18-34-19-32-28(33-34)29(11-13-39-14-12-29)23-16-24(30)22(15-25(23)31)17-35-20(2)9-10-26(41(35,37)38)21-7-5-4-6-8-21/h4-8,15-16,19-20,26H,3,9-14,17-18H2,1-2H3/t20-,26+/m0/s1. The van der Waals surface area contributed by atoms with Gasteiger partial charge in [0.25, 0.3) is 0 Å². The van der Waals surface area contributed by atoms with E-state index in [1.807, 2.05) is 6.07 Å². The monoisotopic (exact) mass is 588 g/mol. The van der Waals surface area contributed by atoms with E-state index in [-0.39, 0.29) is 42.7 Å². The van der Waals surface area contributed by atoms with Crippen molar-refractivity contribution in [1.82, 2.24) is 19.1 Å². The van der Waals surface area contributed by atoms with Crippen molar-refractivity contribution in [3.63, 3.8) is 0 Å². The van der Waals surface area contributed by atoms with Crippen LogP contribution in [0.3, 0.4) is 0 Å². The minimum absolute atomic E-state index is 0.0432. The van der Waals surface area contributed by atoms with E-state index in [1.165, 1.54) is 15.3 Å². The molecular weight excluding hydrogens is 554 g/mol. The molecule has 3 aromatic rings. The number of benzene rings is 2. The molecule has 2 saturated heterocycles. The maximum atomic E-state index is 15.9. The van der Waals surface area contributed by atoms with E-state index in [1.54, 1.807) is 38.1 Å². The number of hydrogen-bond acceptors (Lipinski definition) is 7. The third-order valence-corrected chi connectivity index (χ3v) is 10.5. The molecule has 0 N–H and O–H groups in total. The highest BCUT2D eigenvalue weighted by molar-refractivity contribution is 7.89. The van der Waals surface area contributed by atoms with Gasteiger partial charge in [-0.25, -0.2) is 26.9 Å². The highest BCUT2D eigenvalue weighted by Gasteiger charge is 2.44. The van der Waals surface area contributed by atoms with Crippen molar-refractivity contribution in [3.8, 4) is 0 Å². The number of aromatic nitrogens is 3. The SMILES string of the molecule is CCOC(=O)Cn1cnc(C2(c3cc(F)c(CN4[C@@H](C)CC[C@H](c5ccccc5)S4(=O)=O)cc3F)CCOCC2)n1. The predicted octanol–water partition coefficient (Wildman–Crippen LogP) is 4.27. The summed E-state index contributed by atoms with van der Waals surface area (Å²) in [6.07, 6.45) is 3.05. The van der Waals surface area contributed by atoms with Crippen LogP contribution >= 0.6 is 0 Å². The predicted molar refractivity (Wildman–Crippen MR) is 146 cm³/mol. The van der Waals surface area contributed by atoms with Gasteiger partial charge in [-0.2, -0.15) is 9.40 Å². The maximum Gasteiger partial charge on any atom is 0.327 e. The molecule has 2 aliphatic heterocycles. The van der Waals surface area contributed by atoms with Gasteiger partial charge >= 0.3 is 5.97 Å². The molecule has 41 heavy (non-hydrogen) atoms. The van der Waals surface area contributed by atoms with Crippen LogP contribution in [0.25, 0.3) is 0 Å². The van der Waals surface area contributed by atoms with Crippen LogP contribution in [0.2, 0.25) is 0 Å². The third-order valence-electron chi connectivity index (χ3n) is 8.08. The first-order valence-electron chi connectivity index (χ1n) is 13.8. The molecule has 2 fully saturated rings. The van der Waals surface area contributed by atoms with Crippen LogP contribution in [-0.4, -0.2) is 59.3 Å². The van der Waals surface area contributed by atoms with E-state index in [2.05, 4.69) is 10.1 Å². The van der Waals surface area contributed by atoms with E-state index in [0.717, 1.165) is 12.1 Å². The molecule has 0 bridgehead atoms. The average molecular weight is 589 g/mol. The van der Waals surface area contributed by atoms with E-state index in [4.69, 9.17) is 9.47 Å². The van der Waals surface area contributed by atoms with Crippen LogP contribution in [0, 0.1) is 11.6 Å². The molecule has 5 rings (SSSR count). The Hall–Kier alpha value is -3.22. The summed E-state index contributed by atoms with van der Waals surface area (Å²) in [6.45, 7) is 3.86. The van der Waals surface area contributed by atoms with Gasteiger partial charge in [0.1, 0.15) is 29.8 Å². The van der Waals surface area contributed by atoms with Gasteiger partial charge in [0.2, 0.25) is 10.0 Å². The van der Waals surface area contributed by atoms with Crippen molar-refractivity contribution in [2.75, 3.05) is 19.8 Å². The molecular formula is C29H34F2N4O5S. The maximum absolute atomic E-state index is 15.9. The van der Waals surface area contributed by atoms with Crippen molar-refractivity contribution in [3.05, 3.63) is 82.9 Å². The number of esters is 1. The molecule has 2 aliphatic rings. The lowest BCUT2D eigenvalue weighted by atomic mass is 9.73. The zero-order valence-electron chi connectivity index (χ0n) is 23.1. The Morgan fingerprint density at radius 2 is 1.85 bits per heavy atom. The van der Waals surface area contributed by atoms with Crippen LogP contribution in [0.5, 0.6) is 0 Å². The summed E-state index contributed by atoms with van der Waals surface area (Å²) in [5.74, 6) is -1.61. The van der Waals surface area contributed by atoms with Crippen molar-refractivity contribution in [2.24, 2.45) is 0 Å². The molecule has 2 aromatic carbocycles. The second kappa shape index (κ2) is 11.9. The van der Waals surface area contributed by atoms with E-state index < -0.39 is 38.3 Å². The fraction of sp³-hybridized carbons (Fsp3) is 0.483. The molecule has 220 valence electrons. The second-order valence-electron chi connectivity index (χ2n) is 10.6. The van der Waals surface area contributed by atoms with Crippen molar-refractivity contribution < 1.29 is 31.5 Å². The van der Waals surface area contributed by atoms with Crippen LogP contribution in [0.15, 0.2) is 48.8 Å². The fourth-order valence-electron chi connectivity index (χ4n) is 5.86. The molecule has 1 aromatic heterocycles. The van der Waals surface area contributed by atoms with Crippen LogP contribution in [-0.2, 0) is 42.8 Å². The topological polar surface area (TPSA) is 104 Å². The zero-order valence-corrected chi connectivity index (χ0v) is 23.9. The van der Waals surface area contributed by atoms with Gasteiger partial charge in [-0.1, -0.05) is 30.3 Å². The van der Waals surface area contributed by atoms with E-state index in [9.17, 15) is 13.2 Å². The lowest BCUT2D eigenvalue weighted by Gasteiger charge is -2.38. The minimum atomic E-state index is -3.82. The van der Waals surface area contributed by atoms with Crippen molar-refractivity contribution in [2.45, 2.75) is 69.3 Å². The fourth-order valence-corrected chi connectivity index (χ4v) is 8.05. The normalized spacial score (nSPS) is 22.3. The summed E-state index contributed by atoms with van der Waals surface area (Å²) in [5.41, 5.74) is -0.362. The molecule has 0 unspecified atom stereocenters. The smallest absolute Gasteiger partial charge is 0.327 e. The highest BCUT2D eigenvalue weighted by Crippen LogP contribution is 2.42. The Balaban J connectivity index is 1.46. The Morgan fingerprint density at radius 3 is 2.56 bits per heavy atom. The third kappa shape index (κ3) is 5.77. The summed E-state index contributed by atoms with van der Waals surface area (Å²) in [4.78, 5) is 16.3. The molecule has 0 spiro atoms. The molecule has 0 amide bonds. The number of ether oxygens (including phenoxy) is 2. The number of carbonyl (C=O) groups excluding carboxylic acids is 1. The Kier molecular flexibility index (Phi) is 8.53. The minimum Gasteiger partial charge on any atom is -0.465 e. The molecule has 9 nitrogen and oxygen atoms in total. The number of rotatable bonds is 8. The summed E-state index contributed by atoms with van der Waals surface area (Å²) in [6, 6.07) is 10.8. The Labute approximate surface area is 238 Å². The molecule has 0 aliphatic carbocycles. The zero-order chi connectivity index (χ0) is 29.2. The number of nitrogens with zero attached hydrogens (tertiary/aromatic N) is 4.